The van der Waals surface area contributed by atoms with E-state index >= 15 is 0 Å². The molecule has 0 saturated carbocycles. The summed E-state index contributed by atoms with van der Waals surface area (Å²) in [5.41, 5.74) is 80.4. The monoisotopic (exact) mass is 2070 g/mol. The molecule has 30 saturated heterocycles. The van der Waals surface area contributed by atoms with Gasteiger partial charge in [0.05, 0.1) is 101 Å². The summed E-state index contributed by atoms with van der Waals surface area (Å²) >= 11 is 0. The van der Waals surface area contributed by atoms with Gasteiger partial charge in [0.2, 0.25) is 0 Å². The third-order valence-electron chi connectivity index (χ3n) is 23.0. The summed E-state index contributed by atoms with van der Waals surface area (Å²) in [6.45, 7) is -17.5. The van der Waals surface area contributed by atoms with E-state index in [1.807, 2.05) is 0 Å². The van der Waals surface area contributed by atoms with Gasteiger partial charge in [-0.15, -0.1) is 0 Å². The standard InChI is InChI=1S/C72H104N24O48/c1-113-49-41-25(9-81-89-73)129-65(57(49)121-17-33(97)98)138-42-26(10-82-90-74)131-67(59(50(42)114-2)123-19-35(101)102)140-44-28(12-84-92-76)133-69(61(52(44)116-4)125-21-37(105)106)142-46-30(14-86-94-78)135-71(63(54(46)118-6)127-23-39(109)110)144-48-32(16-88-96-80)136-72(64(56(48)120-8)128-24-40(111)112)143-47-31(15-87-95-79)134-70(62(55(47)119-7)126-22-38(107)108)141-45-29(13-85-93-77)132-68(60(53(45)117-5)124-20-36(103)104)139-43-27(11-83-91-75)130-66(137-41)58(51(43)115-3)122-18-34(99)100/h25-32,41-72H,9-24H2,1-8H3,(H,97,98)(H,99,100)(H,101,102)(H,103,104)(H,105,106)(H,107,108)(H,109,110)(H,111,112)/t25-,26-,27-,28-,29-,30-,31-,32-,41-,42-,43-,44-,45-,46-,47-,48-,49-,50-,51-,52-,53+,54+,55+,56+,57-,58-,59-,60-,61-,62-,63-,64-,65-,66-,67-,68-,69-,70-,71-,72-/m1/s1. The van der Waals surface area contributed by atoms with Crippen molar-refractivity contribution in [2.45, 2.75) is 246 Å². The van der Waals surface area contributed by atoms with Crippen molar-refractivity contribution in [2.75, 3.05) is 162 Å². The number of methoxy groups -OCH3 is 8. The highest BCUT2D eigenvalue weighted by Gasteiger charge is 2.64. The molecular weight excluding hydrogens is 1970 g/mol. The van der Waals surface area contributed by atoms with Crippen molar-refractivity contribution in [3.05, 3.63) is 83.5 Å². The first-order chi connectivity index (χ1) is 69.3. The van der Waals surface area contributed by atoms with Crippen molar-refractivity contribution in [3.63, 3.8) is 0 Å². The molecule has 30 aliphatic heterocycles. The molecule has 30 rings (SSSR count). The first-order valence-corrected chi connectivity index (χ1v) is 42.8. The van der Waals surface area contributed by atoms with Gasteiger partial charge in [0.25, 0.3) is 0 Å². The summed E-state index contributed by atoms with van der Waals surface area (Å²) < 4.78 is 203. The molecule has 72 nitrogen and oxygen atoms in total. The zero-order chi connectivity index (χ0) is 105. The van der Waals surface area contributed by atoms with Crippen molar-refractivity contribution in [2.24, 2.45) is 40.9 Å². The Balaban J connectivity index is 1.30. The van der Waals surface area contributed by atoms with Gasteiger partial charge in [-0.3, -0.25) is 0 Å². The largest absolute Gasteiger partial charge is 0.480 e. The molecule has 16 bridgehead atoms. The molecule has 30 aliphatic rings. The van der Waals surface area contributed by atoms with E-state index in [2.05, 4.69) is 80.2 Å². The SMILES string of the molecule is CO[C@@H]1[C@@H](OCC(=O)O)[C@H]2O[C@H]3[C@H](OC)[C@@H](OCC(=O)O)[C@@H](O[C@H]4[C@@H](OC)[C@@H](OCC(=O)O)[C@@H](O[C@H]5[C@@H](OC)[C@@H](OCC(=O)O)[C@@H](O[C@H]6[C@@H](OC)[C@@H](OCC(=O)O)[C@@H](O[C@H]7[C@@H](OC)[C@@H](OCC(=O)O)[C@@H](O[C@H]8[C@H](OC)[C@@H](OCC(=O)O)[C@@H](O[C@H]9[C@H](OC)[C@@H](OCC(=O)O)[C@@H](O[C@@H]1[C@@H](CN=[N+]=[N-])O2)O[C@@H]9CN=[N+]=[N-])O[C@@H]8CN=[N+]=[N-])O[C@@H]7CN=[N+]=[N-])O[C@@H]6CN=[N+]=[N-])O[C@@H]5CN=[N+]=[N-])O[C@@H]4CN=[N+]=[N-])O[C@@H]3CN=[N+]=[N-]. The lowest BCUT2D eigenvalue weighted by Crippen LogP contribution is -2.70. The smallest absolute Gasteiger partial charge is 0.329 e. The normalized spacial score (nSPS) is 37.5. The first kappa shape index (κ1) is 117. The molecule has 0 aromatic heterocycles. The van der Waals surface area contributed by atoms with Crippen molar-refractivity contribution in [3.8, 4) is 0 Å². The minimum absolute atomic E-state index is 0.888. The predicted octanol–water partition coefficient (Wildman–Crippen LogP) is -0.758. The van der Waals surface area contributed by atoms with Crippen LogP contribution in [-0.4, -0.2) is 496 Å². The number of azide groups is 8. The van der Waals surface area contributed by atoms with Crippen LogP contribution in [0.4, 0.5) is 0 Å². The van der Waals surface area contributed by atoms with E-state index in [1.54, 1.807) is 0 Å². The van der Waals surface area contributed by atoms with Crippen LogP contribution in [0.2, 0.25) is 0 Å². The van der Waals surface area contributed by atoms with E-state index in [9.17, 15) is 123 Å². The third kappa shape index (κ3) is 30.6. The Bertz CT molecular complexity index is 3810. The molecule has 800 valence electrons. The minimum atomic E-state index is -2.19. The van der Waals surface area contributed by atoms with Crippen LogP contribution in [0.15, 0.2) is 40.9 Å². The zero-order valence-electron chi connectivity index (χ0n) is 77.0. The molecule has 40 atom stereocenters. The summed E-state index contributed by atoms with van der Waals surface area (Å²) in [6.07, 6.45) is -79.5. The average Bonchev–Trinajstić information content (AvgIpc) is 0.755. The van der Waals surface area contributed by atoms with Gasteiger partial charge < -0.3 is 192 Å². The third-order valence-corrected chi connectivity index (χ3v) is 23.0. The average molecular weight is 2070 g/mol. The van der Waals surface area contributed by atoms with E-state index in [0.29, 0.717) is 0 Å². The van der Waals surface area contributed by atoms with E-state index < -0.39 is 399 Å². The van der Waals surface area contributed by atoms with Crippen molar-refractivity contribution in [1.82, 2.24) is 0 Å². The van der Waals surface area contributed by atoms with Crippen LogP contribution in [0.5, 0.6) is 0 Å². The van der Waals surface area contributed by atoms with Gasteiger partial charge >= 0.3 is 47.8 Å². The molecule has 0 radical (unpaired) electrons. The summed E-state index contributed by atoms with van der Waals surface area (Å²) in [6, 6.07) is 0. The van der Waals surface area contributed by atoms with Gasteiger partial charge in [-0.1, -0.05) is 40.9 Å². The summed E-state index contributed by atoms with van der Waals surface area (Å²) in [4.78, 5) is 125. The molecule has 30 heterocycles. The molecular formula is C72H104N24O48. The Morgan fingerprint density at radius 2 is 0.285 bits per heavy atom. The molecule has 0 aromatic carbocycles. The summed E-state index contributed by atoms with van der Waals surface area (Å²) in [7, 11) is 8.01. The van der Waals surface area contributed by atoms with Crippen molar-refractivity contribution >= 4 is 47.8 Å². The lowest BCUT2D eigenvalue weighted by molar-refractivity contribution is -0.406. The highest BCUT2D eigenvalue weighted by molar-refractivity contribution is 5.70. The maximum absolute atomic E-state index is 12.8. The van der Waals surface area contributed by atoms with E-state index in [-0.39, 0.29) is 0 Å². The van der Waals surface area contributed by atoms with E-state index in [1.165, 1.54) is 0 Å². The fourth-order valence-electron chi connectivity index (χ4n) is 17.5. The second kappa shape index (κ2) is 58.3. The Hall–Kier alpha value is -11.0. The number of carboxylic acids is 8. The summed E-state index contributed by atoms with van der Waals surface area (Å²) in [5.74, 6) is -13.6. The second-order valence-corrected chi connectivity index (χ2v) is 31.4. The highest BCUT2D eigenvalue weighted by atomic mass is 16.8. The van der Waals surface area contributed by atoms with Crippen LogP contribution in [0, 0.1) is 0 Å². The number of ether oxygens (including phenoxy) is 32. The Morgan fingerprint density at radius 1 is 0.188 bits per heavy atom. The molecule has 0 aromatic rings. The van der Waals surface area contributed by atoms with Crippen molar-refractivity contribution < 1.29 is 231 Å². The highest BCUT2D eigenvalue weighted by Crippen LogP contribution is 2.45. The second-order valence-electron chi connectivity index (χ2n) is 31.4. The van der Waals surface area contributed by atoms with Gasteiger partial charge in [-0.05, 0) is 44.2 Å². The van der Waals surface area contributed by atoms with Crippen LogP contribution < -0.4 is 0 Å². The molecule has 72 heteroatoms. The Labute approximate surface area is 808 Å². The number of hydrogen-bond donors (Lipinski definition) is 8. The van der Waals surface area contributed by atoms with Crippen molar-refractivity contribution in [1.29, 1.82) is 0 Å². The lowest BCUT2D eigenvalue weighted by atomic mass is 9.93. The number of nitrogens with zero attached hydrogens (tertiary/aromatic N) is 24. The fraction of sp³-hybridized carbons (Fsp3) is 0.889. The van der Waals surface area contributed by atoms with E-state index in [4.69, 9.17) is 152 Å². The molecule has 144 heavy (non-hydrogen) atoms. The van der Waals surface area contributed by atoms with Gasteiger partial charge in [0.15, 0.2) is 50.3 Å². The molecule has 8 N–H and O–H groups in total. The fourth-order valence-corrected chi connectivity index (χ4v) is 17.5. The van der Waals surface area contributed by atoms with Crippen LogP contribution >= 0.6 is 0 Å². The Morgan fingerprint density at radius 3 is 0.361 bits per heavy atom. The maximum Gasteiger partial charge on any atom is 0.329 e. The van der Waals surface area contributed by atoms with Crippen LogP contribution in [0.25, 0.3) is 83.5 Å². The number of hydrogen-bond acceptors (Lipinski definition) is 48. The molecule has 0 aliphatic carbocycles. The lowest BCUT2D eigenvalue weighted by Gasteiger charge is -2.53. The van der Waals surface area contributed by atoms with Gasteiger partial charge in [0.1, 0.15) is 199 Å². The zero-order valence-corrected chi connectivity index (χ0v) is 77.0. The molecule has 0 amide bonds. The van der Waals surface area contributed by atoms with Gasteiger partial charge in [-0.2, -0.15) is 0 Å². The quantitative estimate of drug-likeness (QED) is 0.0211. The number of aliphatic carboxylic acids is 8. The van der Waals surface area contributed by atoms with Gasteiger partial charge in [-0.25, -0.2) is 38.4 Å². The van der Waals surface area contributed by atoms with Crippen LogP contribution in [0.3, 0.4) is 0 Å². The van der Waals surface area contributed by atoms with E-state index in [0.717, 1.165) is 56.9 Å². The number of rotatable bonds is 48. The number of carbonyl (C=O) groups is 8. The van der Waals surface area contributed by atoms with Crippen LogP contribution in [0.1, 0.15) is 0 Å². The molecule has 0 spiro atoms. The first-order valence-electron chi connectivity index (χ1n) is 42.8. The topological polar surface area (TPSA) is 984 Å². The maximum atomic E-state index is 12.8. The number of carboxylic acid groups (broad SMARTS) is 8. The molecule has 0 unspecified atom stereocenters. The molecule has 30 fully saturated rings. The summed E-state index contributed by atoms with van der Waals surface area (Å²) in [5, 5.41) is 112. The predicted molar refractivity (Wildman–Crippen MR) is 446 cm³/mol. The van der Waals surface area contributed by atoms with Crippen LogP contribution in [-0.2, 0) is 190 Å². The van der Waals surface area contributed by atoms with Gasteiger partial charge in [0, 0.05) is 96.2 Å². The minimum Gasteiger partial charge on any atom is -0.480 e. The Kier molecular flexibility index (Phi) is 47.2.